The zero-order valence-corrected chi connectivity index (χ0v) is 10.3. The van der Waals surface area contributed by atoms with E-state index in [2.05, 4.69) is 11.8 Å². The molecule has 0 bridgehead atoms. The fraction of sp³-hybridized carbons (Fsp3) is 0.917. The Morgan fingerprint density at radius 2 is 2.12 bits per heavy atom. The van der Waals surface area contributed by atoms with E-state index in [0.29, 0.717) is 0 Å². The van der Waals surface area contributed by atoms with Crippen molar-refractivity contribution in [2.24, 2.45) is 0 Å². The van der Waals surface area contributed by atoms with E-state index in [9.17, 15) is 9.90 Å². The normalized spacial score (nSPS) is 20.7. The average Bonchev–Trinajstić information content (AvgIpc) is 2.31. The molecule has 1 heterocycles. The summed E-state index contributed by atoms with van der Waals surface area (Å²) in [6, 6.07) is -0.113. The van der Waals surface area contributed by atoms with Gasteiger partial charge in [-0.15, -0.1) is 0 Å². The number of aliphatic hydroxyl groups is 1. The Morgan fingerprint density at radius 1 is 1.50 bits per heavy atom. The van der Waals surface area contributed by atoms with Crippen LogP contribution in [0.25, 0.3) is 0 Å². The van der Waals surface area contributed by atoms with Crippen molar-refractivity contribution in [2.45, 2.75) is 51.2 Å². The molecule has 4 heteroatoms. The largest absolute Gasteiger partial charge is 0.468 e. The summed E-state index contributed by atoms with van der Waals surface area (Å²) in [5.41, 5.74) is 0. The molecule has 94 valence electrons. The van der Waals surface area contributed by atoms with Crippen molar-refractivity contribution in [1.82, 2.24) is 4.90 Å². The minimum Gasteiger partial charge on any atom is -0.468 e. The molecule has 0 radical (unpaired) electrons. The van der Waals surface area contributed by atoms with Gasteiger partial charge >= 0.3 is 5.97 Å². The average molecular weight is 229 g/mol. The monoisotopic (exact) mass is 229 g/mol. The number of piperidine rings is 1. The van der Waals surface area contributed by atoms with Crippen LogP contribution in [0.2, 0.25) is 0 Å². The predicted molar refractivity (Wildman–Crippen MR) is 62.1 cm³/mol. The molecule has 1 saturated heterocycles. The molecule has 0 saturated carbocycles. The SMILES string of the molecule is CCCCC(C(=O)OC)N1CCC(O)CC1. The Hall–Kier alpha value is -0.610. The van der Waals surface area contributed by atoms with Crippen LogP contribution in [0.5, 0.6) is 0 Å². The fourth-order valence-electron chi connectivity index (χ4n) is 2.18. The summed E-state index contributed by atoms with van der Waals surface area (Å²) in [5, 5.41) is 9.44. The molecule has 0 aliphatic carbocycles. The van der Waals surface area contributed by atoms with Crippen molar-refractivity contribution in [3.05, 3.63) is 0 Å². The number of hydrogen-bond donors (Lipinski definition) is 1. The van der Waals surface area contributed by atoms with Crippen molar-refractivity contribution in [2.75, 3.05) is 20.2 Å². The van der Waals surface area contributed by atoms with E-state index in [1.54, 1.807) is 0 Å². The first-order valence-electron chi connectivity index (χ1n) is 6.19. The number of esters is 1. The summed E-state index contributed by atoms with van der Waals surface area (Å²) in [6.07, 6.45) is 4.32. The first-order chi connectivity index (χ1) is 7.69. The number of rotatable bonds is 5. The molecule has 0 aromatic carbocycles. The van der Waals surface area contributed by atoms with Gasteiger partial charge in [-0.1, -0.05) is 19.8 Å². The summed E-state index contributed by atoms with van der Waals surface area (Å²) in [6.45, 7) is 3.71. The van der Waals surface area contributed by atoms with Crippen LogP contribution in [0.4, 0.5) is 0 Å². The van der Waals surface area contributed by atoms with Crippen LogP contribution in [-0.4, -0.2) is 48.3 Å². The standard InChI is InChI=1S/C12H23NO3/c1-3-4-5-11(12(15)16-2)13-8-6-10(14)7-9-13/h10-11,14H,3-9H2,1-2H3. The lowest BCUT2D eigenvalue weighted by Crippen LogP contribution is -2.47. The topological polar surface area (TPSA) is 49.8 Å². The fourth-order valence-corrected chi connectivity index (χ4v) is 2.18. The highest BCUT2D eigenvalue weighted by Crippen LogP contribution is 2.17. The summed E-state index contributed by atoms with van der Waals surface area (Å²) < 4.78 is 4.85. The highest BCUT2D eigenvalue weighted by atomic mass is 16.5. The maximum absolute atomic E-state index is 11.7. The van der Waals surface area contributed by atoms with Crippen molar-refractivity contribution < 1.29 is 14.6 Å². The molecule has 0 spiro atoms. The molecular formula is C12H23NO3. The van der Waals surface area contributed by atoms with E-state index in [-0.39, 0.29) is 18.1 Å². The van der Waals surface area contributed by atoms with Gasteiger partial charge in [-0.2, -0.15) is 0 Å². The van der Waals surface area contributed by atoms with Crippen LogP contribution in [0.3, 0.4) is 0 Å². The minimum absolute atomic E-state index is 0.113. The van der Waals surface area contributed by atoms with Crippen LogP contribution < -0.4 is 0 Å². The second-order valence-corrected chi connectivity index (χ2v) is 4.45. The molecular weight excluding hydrogens is 206 g/mol. The maximum atomic E-state index is 11.7. The molecule has 1 fully saturated rings. The van der Waals surface area contributed by atoms with E-state index in [1.807, 2.05) is 0 Å². The van der Waals surface area contributed by atoms with E-state index < -0.39 is 0 Å². The van der Waals surface area contributed by atoms with Crippen LogP contribution in [0, 0.1) is 0 Å². The van der Waals surface area contributed by atoms with E-state index in [0.717, 1.165) is 45.2 Å². The number of carbonyl (C=O) groups is 1. The second kappa shape index (κ2) is 6.86. The minimum atomic E-state index is -0.194. The van der Waals surface area contributed by atoms with E-state index >= 15 is 0 Å². The number of methoxy groups -OCH3 is 1. The Labute approximate surface area is 97.6 Å². The quantitative estimate of drug-likeness (QED) is 0.719. The number of nitrogens with zero attached hydrogens (tertiary/aromatic N) is 1. The lowest BCUT2D eigenvalue weighted by Gasteiger charge is -2.34. The van der Waals surface area contributed by atoms with Gasteiger partial charge in [0, 0.05) is 13.1 Å². The Balaban J connectivity index is 2.50. The third-order valence-electron chi connectivity index (χ3n) is 3.24. The number of ether oxygens (including phenoxy) is 1. The van der Waals surface area contributed by atoms with Gasteiger partial charge in [-0.05, 0) is 19.3 Å². The molecule has 1 rings (SSSR count). The summed E-state index contributed by atoms with van der Waals surface area (Å²) in [4.78, 5) is 13.8. The molecule has 1 N–H and O–H groups in total. The summed E-state index contributed by atoms with van der Waals surface area (Å²) in [7, 11) is 1.44. The van der Waals surface area contributed by atoms with Crippen LogP contribution in [0.15, 0.2) is 0 Å². The second-order valence-electron chi connectivity index (χ2n) is 4.45. The zero-order chi connectivity index (χ0) is 12.0. The Kier molecular flexibility index (Phi) is 5.77. The van der Waals surface area contributed by atoms with Crippen LogP contribution in [-0.2, 0) is 9.53 Å². The van der Waals surface area contributed by atoms with Crippen LogP contribution in [0.1, 0.15) is 39.0 Å². The first kappa shape index (κ1) is 13.5. The first-order valence-corrected chi connectivity index (χ1v) is 6.19. The lowest BCUT2D eigenvalue weighted by atomic mass is 10.0. The van der Waals surface area contributed by atoms with Gasteiger partial charge in [-0.25, -0.2) is 0 Å². The predicted octanol–water partition coefficient (Wildman–Crippen LogP) is 1.17. The molecule has 0 aromatic heterocycles. The number of likely N-dealkylation sites (tertiary alicyclic amines) is 1. The number of unbranched alkanes of at least 4 members (excludes halogenated alkanes) is 1. The molecule has 1 atom stereocenters. The molecule has 1 aliphatic heterocycles. The molecule has 1 aliphatic rings. The third-order valence-corrected chi connectivity index (χ3v) is 3.24. The van der Waals surface area contributed by atoms with Crippen molar-refractivity contribution in [3.8, 4) is 0 Å². The summed E-state index contributed by atoms with van der Waals surface area (Å²) in [5.74, 6) is -0.134. The molecule has 1 unspecified atom stereocenters. The zero-order valence-electron chi connectivity index (χ0n) is 10.3. The smallest absolute Gasteiger partial charge is 0.323 e. The number of carbonyl (C=O) groups excluding carboxylic acids is 1. The highest BCUT2D eigenvalue weighted by Gasteiger charge is 2.29. The van der Waals surface area contributed by atoms with Crippen molar-refractivity contribution in [3.63, 3.8) is 0 Å². The van der Waals surface area contributed by atoms with Crippen molar-refractivity contribution >= 4 is 5.97 Å². The van der Waals surface area contributed by atoms with Gasteiger partial charge in [0.1, 0.15) is 6.04 Å². The van der Waals surface area contributed by atoms with E-state index in [1.165, 1.54) is 7.11 Å². The van der Waals surface area contributed by atoms with Gasteiger partial charge in [0.25, 0.3) is 0 Å². The Bertz CT molecular complexity index is 212. The molecule has 0 aromatic rings. The van der Waals surface area contributed by atoms with Crippen LogP contribution >= 0.6 is 0 Å². The third kappa shape index (κ3) is 3.76. The van der Waals surface area contributed by atoms with Gasteiger partial charge in [0.15, 0.2) is 0 Å². The lowest BCUT2D eigenvalue weighted by molar-refractivity contribution is -0.148. The van der Waals surface area contributed by atoms with Gasteiger partial charge in [0.05, 0.1) is 13.2 Å². The molecule has 16 heavy (non-hydrogen) atoms. The Morgan fingerprint density at radius 3 is 2.62 bits per heavy atom. The summed E-state index contributed by atoms with van der Waals surface area (Å²) >= 11 is 0. The van der Waals surface area contributed by atoms with Gasteiger partial charge in [-0.3, -0.25) is 9.69 Å². The molecule has 4 nitrogen and oxygen atoms in total. The van der Waals surface area contributed by atoms with Gasteiger partial charge in [0.2, 0.25) is 0 Å². The highest BCUT2D eigenvalue weighted by molar-refractivity contribution is 5.75. The number of hydrogen-bond acceptors (Lipinski definition) is 4. The maximum Gasteiger partial charge on any atom is 0.323 e. The van der Waals surface area contributed by atoms with Gasteiger partial charge < -0.3 is 9.84 Å². The van der Waals surface area contributed by atoms with Crippen molar-refractivity contribution in [1.29, 1.82) is 0 Å². The number of aliphatic hydroxyl groups excluding tert-OH is 1. The molecule has 0 amide bonds. The van der Waals surface area contributed by atoms with E-state index in [4.69, 9.17) is 4.74 Å².